The third kappa shape index (κ3) is 4.26. The van der Waals surface area contributed by atoms with E-state index in [0.29, 0.717) is 5.13 Å². The zero-order chi connectivity index (χ0) is 17.2. The van der Waals surface area contributed by atoms with Crippen LogP contribution in [0.2, 0.25) is 0 Å². The average Bonchev–Trinajstić information content (AvgIpc) is 3.04. The molecule has 0 fully saturated rings. The van der Waals surface area contributed by atoms with Crippen molar-refractivity contribution in [2.75, 3.05) is 10.6 Å². The number of hydrogen-bond acceptors (Lipinski definition) is 6. The zero-order valence-electron chi connectivity index (χ0n) is 13.3. The quantitative estimate of drug-likeness (QED) is 0.774. The fourth-order valence-electron chi connectivity index (χ4n) is 1.71. The van der Waals surface area contributed by atoms with Crippen molar-refractivity contribution in [3.05, 3.63) is 20.8 Å². The van der Waals surface area contributed by atoms with Gasteiger partial charge in [-0.25, -0.2) is 9.59 Å². The summed E-state index contributed by atoms with van der Waals surface area (Å²) >= 11 is 2.45. The molecule has 0 bridgehead atoms. The van der Waals surface area contributed by atoms with E-state index in [1.54, 1.807) is 6.07 Å². The Kier molecular flexibility index (Phi) is 5.00. The summed E-state index contributed by atoms with van der Waals surface area (Å²) in [7, 11) is 0. The Bertz CT molecular complexity index is 731. The third-order valence-corrected chi connectivity index (χ3v) is 5.44. The van der Waals surface area contributed by atoms with Gasteiger partial charge in [-0.2, -0.15) is 0 Å². The minimum Gasteiger partial charge on any atom is -0.477 e. The summed E-state index contributed by atoms with van der Waals surface area (Å²) in [6.07, 6.45) is 0.740. The van der Waals surface area contributed by atoms with Gasteiger partial charge in [0.1, 0.15) is 9.88 Å². The molecule has 2 amide bonds. The second-order valence-corrected chi connectivity index (χ2v) is 7.96. The molecule has 23 heavy (non-hydrogen) atoms. The molecule has 0 saturated carbocycles. The van der Waals surface area contributed by atoms with E-state index in [-0.39, 0.29) is 16.0 Å². The molecule has 9 heteroatoms. The van der Waals surface area contributed by atoms with Crippen molar-refractivity contribution >= 4 is 45.5 Å². The number of carboxylic acids is 1. The summed E-state index contributed by atoms with van der Waals surface area (Å²) in [6.45, 7) is 7.91. The smallest absolute Gasteiger partial charge is 0.348 e. The van der Waals surface area contributed by atoms with Crippen LogP contribution >= 0.6 is 22.7 Å². The summed E-state index contributed by atoms with van der Waals surface area (Å²) in [4.78, 5) is 24.4. The second-order valence-electron chi connectivity index (χ2n) is 5.84. The molecule has 0 aliphatic heterocycles. The number of nitrogens with one attached hydrogen (secondary N) is 2. The number of aromatic carboxylic acids is 1. The molecule has 2 rings (SSSR count). The Hall–Kier alpha value is -2.00. The molecule has 0 aliphatic carbocycles. The first-order valence-electron chi connectivity index (χ1n) is 6.98. The number of nitrogens with zero attached hydrogens (tertiary/aromatic N) is 2. The predicted molar refractivity (Wildman–Crippen MR) is 91.9 cm³/mol. The number of hydrogen-bond donors (Lipinski definition) is 3. The van der Waals surface area contributed by atoms with Gasteiger partial charge < -0.3 is 10.4 Å². The van der Waals surface area contributed by atoms with E-state index in [9.17, 15) is 14.7 Å². The van der Waals surface area contributed by atoms with E-state index < -0.39 is 12.0 Å². The van der Waals surface area contributed by atoms with E-state index in [1.165, 1.54) is 11.3 Å². The maximum atomic E-state index is 12.0. The van der Waals surface area contributed by atoms with Crippen molar-refractivity contribution in [2.45, 2.75) is 39.5 Å². The van der Waals surface area contributed by atoms with Crippen molar-refractivity contribution in [1.82, 2.24) is 10.2 Å². The molecule has 2 aromatic rings. The monoisotopic (exact) mass is 354 g/mol. The Labute approximate surface area is 141 Å². The summed E-state index contributed by atoms with van der Waals surface area (Å²) in [5.41, 5.74) is 0.0886. The van der Waals surface area contributed by atoms with Gasteiger partial charge in [0.05, 0.1) is 5.69 Å². The number of carboxylic acid groups (broad SMARTS) is 1. The van der Waals surface area contributed by atoms with Crippen molar-refractivity contribution in [1.29, 1.82) is 0 Å². The molecule has 7 nitrogen and oxygen atoms in total. The molecule has 124 valence electrons. The van der Waals surface area contributed by atoms with E-state index in [0.717, 1.165) is 27.6 Å². The normalized spacial score (nSPS) is 11.3. The Morgan fingerprint density at radius 2 is 1.91 bits per heavy atom. The minimum atomic E-state index is -1.06. The minimum absolute atomic E-state index is 0.108. The summed E-state index contributed by atoms with van der Waals surface area (Å²) in [5.74, 6) is -1.06. The van der Waals surface area contributed by atoms with Crippen molar-refractivity contribution in [2.24, 2.45) is 0 Å². The van der Waals surface area contributed by atoms with Crippen LogP contribution in [-0.2, 0) is 11.8 Å². The zero-order valence-corrected chi connectivity index (χ0v) is 14.9. The highest BCUT2D eigenvalue weighted by molar-refractivity contribution is 7.15. The molecule has 2 heterocycles. The topological polar surface area (TPSA) is 104 Å². The molecule has 0 aromatic carbocycles. The van der Waals surface area contributed by atoms with Crippen LogP contribution in [0.25, 0.3) is 0 Å². The molecule has 0 radical (unpaired) electrons. The molecule has 0 aliphatic rings. The van der Waals surface area contributed by atoms with Gasteiger partial charge in [0.2, 0.25) is 5.13 Å². The summed E-state index contributed by atoms with van der Waals surface area (Å²) in [5, 5.41) is 23.4. The van der Waals surface area contributed by atoms with Gasteiger partial charge in [-0.05, 0) is 17.9 Å². The fourth-order valence-corrected chi connectivity index (χ4v) is 3.39. The van der Waals surface area contributed by atoms with Crippen LogP contribution in [0, 0.1) is 0 Å². The van der Waals surface area contributed by atoms with E-state index in [1.807, 2.05) is 27.7 Å². The van der Waals surface area contributed by atoms with Crippen molar-refractivity contribution < 1.29 is 14.7 Å². The second kappa shape index (κ2) is 6.63. The van der Waals surface area contributed by atoms with Gasteiger partial charge >= 0.3 is 12.0 Å². The maximum absolute atomic E-state index is 12.0. The molecular formula is C14H18N4O3S2. The van der Waals surface area contributed by atoms with Crippen LogP contribution in [0.15, 0.2) is 6.07 Å². The largest absolute Gasteiger partial charge is 0.477 e. The van der Waals surface area contributed by atoms with Gasteiger partial charge in [-0.15, -0.1) is 21.5 Å². The van der Waals surface area contributed by atoms with Crippen LogP contribution in [0.1, 0.15) is 47.3 Å². The number of amides is 2. The lowest BCUT2D eigenvalue weighted by atomic mass is 9.94. The van der Waals surface area contributed by atoms with Crippen LogP contribution < -0.4 is 10.6 Å². The van der Waals surface area contributed by atoms with Gasteiger partial charge in [-0.1, -0.05) is 39.0 Å². The van der Waals surface area contributed by atoms with Crippen LogP contribution in [0.4, 0.5) is 15.6 Å². The number of urea groups is 1. The van der Waals surface area contributed by atoms with Gasteiger partial charge in [0, 0.05) is 4.88 Å². The molecule has 3 N–H and O–H groups in total. The van der Waals surface area contributed by atoms with Crippen LogP contribution in [0.5, 0.6) is 0 Å². The number of rotatable bonds is 4. The van der Waals surface area contributed by atoms with E-state index in [2.05, 4.69) is 20.8 Å². The highest BCUT2D eigenvalue weighted by Gasteiger charge is 2.23. The average molecular weight is 354 g/mol. The first-order valence-corrected chi connectivity index (χ1v) is 8.62. The molecule has 0 atom stereocenters. The molecule has 0 unspecified atom stereocenters. The van der Waals surface area contributed by atoms with E-state index >= 15 is 0 Å². The Balaban J connectivity index is 2.16. The summed E-state index contributed by atoms with van der Waals surface area (Å²) in [6, 6.07) is 1.16. The van der Waals surface area contributed by atoms with Crippen LogP contribution in [0.3, 0.4) is 0 Å². The molecule has 0 spiro atoms. The maximum Gasteiger partial charge on any atom is 0.348 e. The first-order chi connectivity index (χ1) is 10.7. The van der Waals surface area contributed by atoms with Gasteiger partial charge in [0.15, 0.2) is 0 Å². The number of thiophene rings is 1. The third-order valence-electron chi connectivity index (χ3n) is 2.90. The molecule has 0 saturated heterocycles. The number of anilines is 2. The van der Waals surface area contributed by atoms with Crippen molar-refractivity contribution in [3.8, 4) is 0 Å². The highest BCUT2D eigenvalue weighted by atomic mass is 32.1. The SMILES string of the molecule is CCc1nnc(NC(=O)Nc2cc(C(C)(C)C)sc2C(=O)O)s1. The number of aromatic nitrogens is 2. The number of carbonyl (C=O) groups is 2. The lowest BCUT2D eigenvalue weighted by molar-refractivity contribution is 0.0703. The fraction of sp³-hybridized carbons (Fsp3) is 0.429. The standard InChI is InChI=1S/C14H18N4O3S2/c1-5-9-17-18-13(23-9)16-12(21)15-7-6-8(14(2,3)4)22-10(7)11(19)20/h6H,5H2,1-4H3,(H,19,20)(H2,15,16,18,21). The number of carbonyl (C=O) groups excluding carboxylic acids is 1. The molecule has 2 aromatic heterocycles. The lowest BCUT2D eigenvalue weighted by Gasteiger charge is -2.15. The lowest BCUT2D eigenvalue weighted by Crippen LogP contribution is -2.20. The number of aryl methyl sites for hydroxylation is 1. The predicted octanol–water partition coefficient (Wildman–Crippen LogP) is 3.80. The molecular weight excluding hydrogens is 336 g/mol. The highest BCUT2D eigenvalue weighted by Crippen LogP contribution is 2.35. The van der Waals surface area contributed by atoms with Crippen molar-refractivity contribution in [3.63, 3.8) is 0 Å². The first kappa shape index (κ1) is 17.4. The van der Waals surface area contributed by atoms with E-state index in [4.69, 9.17) is 0 Å². The Morgan fingerprint density at radius 3 is 2.43 bits per heavy atom. The van der Waals surface area contributed by atoms with Gasteiger partial charge in [-0.3, -0.25) is 5.32 Å². The Morgan fingerprint density at radius 1 is 1.22 bits per heavy atom. The summed E-state index contributed by atoms with van der Waals surface area (Å²) < 4.78 is 0. The van der Waals surface area contributed by atoms with Gasteiger partial charge in [0.25, 0.3) is 0 Å². The van der Waals surface area contributed by atoms with Crippen LogP contribution in [-0.4, -0.2) is 27.3 Å².